The summed E-state index contributed by atoms with van der Waals surface area (Å²) in [4.78, 5) is 17.8. The second-order valence-corrected chi connectivity index (χ2v) is 5.73. The van der Waals surface area contributed by atoms with Crippen LogP contribution in [0.15, 0.2) is 45.8 Å². The molecule has 0 bridgehead atoms. The van der Waals surface area contributed by atoms with Gasteiger partial charge in [0.1, 0.15) is 17.1 Å². The fourth-order valence-electron chi connectivity index (χ4n) is 2.57. The van der Waals surface area contributed by atoms with E-state index in [9.17, 15) is 4.79 Å². The molecule has 0 fully saturated rings. The fourth-order valence-corrected chi connectivity index (χ4v) is 2.57. The van der Waals surface area contributed by atoms with Gasteiger partial charge in [0, 0.05) is 12.6 Å². The Morgan fingerprint density at radius 3 is 2.87 bits per heavy atom. The summed E-state index contributed by atoms with van der Waals surface area (Å²) in [5.74, 6) is 1.26. The van der Waals surface area contributed by atoms with Crippen LogP contribution < -0.4 is 5.73 Å². The molecule has 0 aliphatic carbocycles. The van der Waals surface area contributed by atoms with Crippen LogP contribution in [-0.4, -0.2) is 23.8 Å². The molecule has 6 heteroatoms. The predicted octanol–water partition coefficient (Wildman–Crippen LogP) is 2.21. The Morgan fingerprint density at radius 2 is 2.17 bits per heavy atom. The predicted molar refractivity (Wildman–Crippen MR) is 85.2 cm³/mol. The van der Waals surface area contributed by atoms with Crippen LogP contribution in [0.1, 0.15) is 24.7 Å². The largest absolute Gasteiger partial charge is 0.458 e. The number of benzene rings is 1. The summed E-state index contributed by atoms with van der Waals surface area (Å²) in [7, 11) is 1.60. The van der Waals surface area contributed by atoms with Crippen LogP contribution in [0, 0.1) is 11.3 Å². The van der Waals surface area contributed by atoms with Crippen LogP contribution in [0.5, 0.6) is 0 Å². The Hall–Kier alpha value is -3.07. The van der Waals surface area contributed by atoms with Crippen molar-refractivity contribution in [3.8, 4) is 17.4 Å². The molecular formula is C17H16N4O2. The van der Waals surface area contributed by atoms with Gasteiger partial charge in [-0.1, -0.05) is 12.1 Å². The summed E-state index contributed by atoms with van der Waals surface area (Å²) in [5.41, 5.74) is 6.35. The molecular weight excluding hydrogens is 292 g/mol. The summed E-state index contributed by atoms with van der Waals surface area (Å²) in [6.07, 6.45) is 0.190. The van der Waals surface area contributed by atoms with Gasteiger partial charge in [-0.2, -0.15) is 5.26 Å². The van der Waals surface area contributed by atoms with Gasteiger partial charge in [0.15, 0.2) is 5.96 Å². The highest BCUT2D eigenvalue weighted by Crippen LogP contribution is 2.36. The first kappa shape index (κ1) is 14.9. The number of nitriles is 1. The van der Waals surface area contributed by atoms with E-state index < -0.39 is 5.54 Å². The van der Waals surface area contributed by atoms with Gasteiger partial charge >= 0.3 is 0 Å². The van der Waals surface area contributed by atoms with Gasteiger partial charge < -0.3 is 10.2 Å². The Morgan fingerprint density at radius 1 is 1.39 bits per heavy atom. The molecule has 1 aromatic heterocycles. The van der Waals surface area contributed by atoms with E-state index in [2.05, 4.69) is 11.1 Å². The van der Waals surface area contributed by atoms with Crippen molar-refractivity contribution in [2.45, 2.75) is 18.9 Å². The second kappa shape index (κ2) is 5.29. The number of furan rings is 1. The number of carbonyl (C=O) groups excluding carboxylic acids is 1. The molecule has 0 unspecified atom stereocenters. The van der Waals surface area contributed by atoms with Crippen molar-refractivity contribution in [2.75, 3.05) is 7.05 Å². The van der Waals surface area contributed by atoms with Gasteiger partial charge in [-0.3, -0.25) is 9.69 Å². The highest BCUT2D eigenvalue weighted by atomic mass is 16.3. The van der Waals surface area contributed by atoms with Gasteiger partial charge in [-0.25, -0.2) is 4.99 Å². The van der Waals surface area contributed by atoms with E-state index >= 15 is 0 Å². The number of hydrogen-bond donors (Lipinski definition) is 1. The maximum absolute atomic E-state index is 12.0. The molecule has 1 atom stereocenters. The molecule has 0 saturated carbocycles. The zero-order valence-electron chi connectivity index (χ0n) is 12.9. The van der Waals surface area contributed by atoms with E-state index in [1.807, 2.05) is 19.1 Å². The average Bonchev–Trinajstić information content (AvgIpc) is 3.03. The summed E-state index contributed by atoms with van der Waals surface area (Å²) >= 11 is 0. The maximum atomic E-state index is 12.0. The lowest BCUT2D eigenvalue weighted by Crippen LogP contribution is -2.47. The van der Waals surface area contributed by atoms with E-state index in [1.54, 1.807) is 31.3 Å². The number of carbonyl (C=O) groups is 1. The van der Waals surface area contributed by atoms with Crippen LogP contribution >= 0.6 is 0 Å². The number of nitrogens with zero attached hydrogens (tertiary/aromatic N) is 3. The molecule has 3 rings (SSSR count). The molecule has 1 aliphatic heterocycles. The topological polar surface area (TPSA) is 95.6 Å². The molecule has 116 valence electrons. The SMILES string of the molecule is CN1C(=O)C[C@@](C)(c2ccc(-c3cccc(C#N)c3)o2)N=C1N. The van der Waals surface area contributed by atoms with Crippen molar-refractivity contribution >= 4 is 11.9 Å². The van der Waals surface area contributed by atoms with Crippen molar-refractivity contribution in [3.05, 3.63) is 47.7 Å². The monoisotopic (exact) mass is 308 g/mol. The number of nitrogens with two attached hydrogens (primary N) is 1. The molecule has 2 heterocycles. The first-order chi connectivity index (χ1) is 10.9. The van der Waals surface area contributed by atoms with E-state index in [-0.39, 0.29) is 18.3 Å². The minimum atomic E-state index is -0.821. The zero-order valence-corrected chi connectivity index (χ0v) is 12.9. The summed E-state index contributed by atoms with van der Waals surface area (Å²) in [6.45, 7) is 1.82. The Labute approximate surface area is 133 Å². The number of guanidine groups is 1. The third-order valence-corrected chi connectivity index (χ3v) is 3.99. The van der Waals surface area contributed by atoms with Gasteiger partial charge in [0.05, 0.1) is 18.1 Å². The number of rotatable bonds is 2. The number of hydrogen-bond acceptors (Lipinski definition) is 5. The molecule has 0 spiro atoms. The van der Waals surface area contributed by atoms with Crippen molar-refractivity contribution in [1.29, 1.82) is 5.26 Å². The van der Waals surface area contributed by atoms with Crippen LogP contribution in [-0.2, 0) is 10.3 Å². The van der Waals surface area contributed by atoms with Crippen molar-refractivity contribution in [1.82, 2.24) is 4.90 Å². The van der Waals surface area contributed by atoms with Gasteiger partial charge in [0.25, 0.3) is 0 Å². The summed E-state index contributed by atoms with van der Waals surface area (Å²) in [6, 6.07) is 12.9. The third kappa shape index (κ3) is 2.57. The lowest BCUT2D eigenvalue weighted by molar-refractivity contribution is -0.128. The zero-order chi connectivity index (χ0) is 16.6. The second-order valence-electron chi connectivity index (χ2n) is 5.73. The van der Waals surface area contributed by atoms with E-state index in [1.165, 1.54) is 4.90 Å². The van der Waals surface area contributed by atoms with E-state index in [0.717, 1.165) is 5.56 Å². The minimum absolute atomic E-state index is 0.107. The van der Waals surface area contributed by atoms with Crippen LogP contribution in [0.25, 0.3) is 11.3 Å². The molecule has 2 N–H and O–H groups in total. The van der Waals surface area contributed by atoms with Crippen LogP contribution in [0.3, 0.4) is 0 Å². The quantitative estimate of drug-likeness (QED) is 0.920. The molecule has 6 nitrogen and oxygen atoms in total. The Balaban J connectivity index is 1.99. The molecule has 2 aromatic rings. The van der Waals surface area contributed by atoms with Crippen LogP contribution in [0.2, 0.25) is 0 Å². The first-order valence-electron chi connectivity index (χ1n) is 7.16. The third-order valence-electron chi connectivity index (χ3n) is 3.99. The minimum Gasteiger partial charge on any atom is -0.458 e. The van der Waals surface area contributed by atoms with Crippen molar-refractivity contribution in [2.24, 2.45) is 10.7 Å². The van der Waals surface area contributed by atoms with E-state index in [4.69, 9.17) is 15.4 Å². The molecule has 23 heavy (non-hydrogen) atoms. The average molecular weight is 308 g/mol. The van der Waals surface area contributed by atoms with Crippen molar-refractivity contribution < 1.29 is 9.21 Å². The molecule has 1 amide bonds. The first-order valence-corrected chi connectivity index (χ1v) is 7.16. The van der Waals surface area contributed by atoms with Crippen LogP contribution in [0.4, 0.5) is 0 Å². The fraction of sp³-hybridized carbons (Fsp3) is 0.235. The lowest BCUT2D eigenvalue weighted by Gasteiger charge is -2.31. The summed E-state index contributed by atoms with van der Waals surface area (Å²) < 4.78 is 5.90. The molecule has 0 saturated heterocycles. The normalized spacial score (nSPS) is 21.0. The van der Waals surface area contributed by atoms with Gasteiger partial charge in [0.2, 0.25) is 5.91 Å². The highest BCUT2D eigenvalue weighted by molar-refractivity contribution is 5.98. The molecule has 1 aromatic carbocycles. The smallest absolute Gasteiger partial charge is 0.231 e. The summed E-state index contributed by atoms with van der Waals surface area (Å²) in [5, 5.41) is 8.99. The molecule has 0 radical (unpaired) electrons. The van der Waals surface area contributed by atoms with E-state index in [0.29, 0.717) is 17.1 Å². The van der Waals surface area contributed by atoms with Crippen molar-refractivity contribution in [3.63, 3.8) is 0 Å². The molecule has 1 aliphatic rings. The van der Waals surface area contributed by atoms with Gasteiger partial charge in [-0.05, 0) is 31.2 Å². The standard InChI is InChI=1S/C17H16N4O2/c1-17(9-15(22)21(2)16(19)20-17)14-7-6-13(23-14)12-5-3-4-11(8-12)10-18/h3-8H,9H2,1-2H3,(H2,19,20)/t17-/m0/s1. The lowest BCUT2D eigenvalue weighted by atomic mass is 9.93. The Bertz CT molecular complexity index is 846. The number of aliphatic imine (C=N–C) groups is 1. The highest BCUT2D eigenvalue weighted by Gasteiger charge is 2.38. The number of amides is 1. The Kier molecular flexibility index (Phi) is 3.41. The maximum Gasteiger partial charge on any atom is 0.231 e. The van der Waals surface area contributed by atoms with Gasteiger partial charge in [-0.15, -0.1) is 0 Å².